The van der Waals surface area contributed by atoms with E-state index in [9.17, 15) is 0 Å². The summed E-state index contributed by atoms with van der Waals surface area (Å²) < 4.78 is 5.56. The molecule has 1 aliphatic rings. The summed E-state index contributed by atoms with van der Waals surface area (Å²) in [6.07, 6.45) is 4.28. The molecule has 2 rings (SSSR count). The predicted octanol–water partition coefficient (Wildman–Crippen LogP) is 1.96. The van der Waals surface area contributed by atoms with Crippen LogP contribution in [0.3, 0.4) is 0 Å². The number of hydrogen-bond donors (Lipinski definition) is 0. The first-order valence-corrected chi connectivity index (χ1v) is 4.60. The maximum Gasteiger partial charge on any atom is 0.216 e. The highest BCUT2D eigenvalue weighted by Gasteiger charge is 2.38. The fraction of sp³-hybridized carbons (Fsp3) is 0.600. The molecule has 1 aromatic heterocycles. The van der Waals surface area contributed by atoms with Crippen LogP contribution in [0.1, 0.15) is 25.6 Å². The summed E-state index contributed by atoms with van der Waals surface area (Å²) in [7, 11) is 0. The quantitative estimate of drug-likeness (QED) is 0.709. The van der Waals surface area contributed by atoms with Crippen molar-refractivity contribution in [1.29, 1.82) is 0 Å². The molecular weight excluding hydrogens is 164 g/mol. The first kappa shape index (κ1) is 8.48. The Bertz CT molecular complexity index is 308. The first-order valence-electron chi connectivity index (χ1n) is 4.60. The molecule has 0 atom stereocenters. The highest BCUT2D eigenvalue weighted by Crippen LogP contribution is 2.44. The van der Waals surface area contributed by atoms with Gasteiger partial charge in [-0.2, -0.15) is 4.98 Å². The Morgan fingerprint density at radius 1 is 1.54 bits per heavy atom. The normalized spacial score (nSPS) is 18.3. The van der Waals surface area contributed by atoms with E-state index in [4.69, 9.17) is 4.74 Å². The molecule has 0 saturated heterocycles. The third kappa shape index (κ3) is 2.17. The van der Waals surface area contributed by atoms with Crippen LogP contribution in [0, 0.1) is 12.3 Å². The molecule has 0 unspecified atom stereocenters. The summed E-state index contributed by atoms with van der Waals surface area (Å²) in [5.74, 6) is 1.46. The smallest absolute Gasteiger partial charge is 0.216 e. The minimum Gasteiger partial charge on any atom is -0.477 e. The van der Waals surface area contributed by atoms with Crippen LogP contribution in [0.2, 0.25) is 0 Å². The van der Waals surface area contributed by atoms with Gasteiger partial charge in [-0.15, -0.1) is 0 Å². The first-order chi connectivity index (χ1) is 6.18. The molecule has 0 aliphatic heterocycles. The molecule has 3 heteroatoms. The summed E-state index contributed by atoms with van der Waals surface area (Å²) in [4.78, 5) is 8.18. The average Bonchev–Trinajstić information content (AvgIpc) is 2.82. The molecule has 0 radical (unpaired) electrons. The highest BCUT2D eigenvalue weighted by atomic mass is 16.5. The van der Waals surface area contributed by atoms with Gasteiger partial charge in [-0.3, -0.25) is 0 Å². The lowest BCUT2D eigenvalue weighted by atomic mass is 10.2. The van der Waals surface area contributed by atoms with E-state index in [1.54, 1.807) is 12.3 Å². The van der Waals surface area contributed by atoms with Crippen molar-refractivity contribution < 1.29 is 4.74 Å². The van der Waals surface area contributed by atoms with Crippen LogP contribution in [0.25, 0.3) is 0 Å². The van der Waals surface area contributed by atoms with Gasteiger partial charge in [-0.25, -0.2) is 4.98 Å². The predicted molar refractivity (Wildman–Crippen MR) is 49.6 cm³/mol. The number of ether oxygens (including phenoxy) is 1. The zero-order chi connectivity index (χ0) is 9.31. The van der Waals surface area contributed by atoms with E-state index in [2.05, 4.69) is 16.9 Å². The van der Waals surface area contributed by atoms with Crippen LogP contribution in [-0.2, 0) is 0 Å². The zero-order valence-electron chi connectivity index (χ0n) is 8.08. The second-order valence-corrected chi connectivity index (χ2v) is 4.04. The molecule has 0 N–H and O–H groups in total. The summed E-state index contributed by atoms with van der Waals surface area (Å²) >= 11 is 0. The number of hydrogen-bond acceptors (Lipinski definition) is 3. The molecular formula is C10H14N2O. The fourth-order valence-electron chi connectivity index (χ4n) is 1.12. The van der Waals surface area contributed by atoms with Gasteiger partial charge in [0.1, 0.15) is 5.82 Å². The average molecular weight is 178 g/mol. The summed E-state index contributed by atoms with van der Waals surface area (Å²) in [6, 6.07) is 1.80. The van der Waals surface area contributed by atoms with Crippen LogP contribution in [0.15, 0.2) is 12.3 Å². The van der Waals surface area contributed by atoms with Gasteiger partial charge in [0.15, 0.2) is 0 Å². The Morgan fingerprint density at radius 2 is 2.31 bits per heavy atom. The minimum absolute atomic E-state index is 0.416. The monoisotopic (exact) mass is 178 g/mol. The Labute approximate surface area is 78.2 Å². The van der Waals surface area contributed by atoms with Crippen LogP contribution < -0.4 is 4.74 Å². The Kier molecular flexibility index (Phi) is 1.94. The lowest BCUT2D eigenvalue weighted by Crippen LogP contribution is -2.09. The molecule has 1 fully saturated rings. The fourth-order valence-corrected chi connectivity index (χ4v) is 1.12. The van der Waals surface area contributed by atoms with Gasteiger partial charge in [-0.05, 0) is 19.8 Å². The van der Waals surface area contributed by atoms with E-state index in [-0.39, 0.29) is 0 Å². The van der Waals surface area contributed by atoms with E-state index in [1.165, 1.54) is 12.8 Å². The van der Waals surface area contributed by atoms with Crippen molar-refractivity contribution in [3.63, 3.8) is 0 Å². The molecule has 1 saturated carbocycles. The lowest BCUT2D eigenvalue weighted by Gasteiger charge is -2.09. The summed E-state index contributed by atoms with van der Waals surface area (Å²) in [5.41, 5.74) is 0.416. The van der Waals surface area contributed by atoms with Crippen molar-refractivity contribution in [3.05, 3.63) is 18.1 Å². The SMILES string of the molecule is Cc1nccc(OCC2(C)CC2)n1. The van der Waals surface area contributed by atoms with Crippen LogP contribution >= 0.6 is 0 Å². The Balaban J connectivity index is 1.94. The van der Waals surface area contributed by atoms with Gasteiger partial charge in [0.2, 0.25) is 5.88 Å². The summed E-state index contributed by atoms with van der Waals surface area (Å²) in [6.45, 7) is 4.89. The van der Waals surface area contributed by atoms with Gasteiger partial charge in [0.25, 0.3) is 0 Å². The van der Waals surface area contributed by atoms with E-state index in [0.29, 0.717) is 11.3 Å². The molecule has 1 aromatic rings. The molecule has 3 nitrogen and oxygen atoms in total. The van der Waals surface area contributed by atoms with E-state index in [1.807, 2.05) is 6.92 Å². The van der Waals surface area contributed by atoms with Gasteiger partial charge in [-0.1, -0.05) is 6.92 Å². The van der Waals surface area contributed by atoms with Crippen molar-refractivity contribution in [2.75, 3.05) is 6.61 Å². The second-order valence-electron chi connectivity index (χ2n) is 4.04. The summed E-state index contributed by atoms with van der Waals surface area (Å²) in [5, 5.41) is 0. The molecule has 70 valence electrons. The van der Waals surface area contributed by atoms with Crippen LogP contribution in [0.4, 0.5) is 0 Å². The van der Waals surface area contributed by atoms with Crippen molar-refractivity contribution in [1.82, 2.24) is 9.97 Å². The van der Waals surface area contributed by atoms with E-state index < -0.39 is 0 Å². The molecule has 0 bridgehead atoms. The van der Waals surface area contributed by atoms with Crippen LogP contribution in [-0.4, -0.2) is 16.6 Å². The standard InChI is InChI=1S/C10H14N2O/c1-8-11-6-3-9(12-8)13-7-10(2)4-5-10/h3,6H,4-5,7H2,1-2H3. The molecule has 1 heterocycles. The second kappa shape index (κ2) is 2.98. The topological polar surface area (TPSA) is 35.0 Å². The van der Waals surface area contributed by atoms with E-state index >= 15 is 0 Å². The Morgan fingerprint density at radius 3 is 2.92 bits per heavy atom. The highest BCUT2D eigenvalue weighted by molar-refractivity contribution is 5.08. The third-order valence-corrected chi connectivity index (χ3v) is 2.42. The molecule has 0 aromatic carbocycles. The molecule has 0 spiro atoms. The number of nitrogens with zero attached hydrogens (tertiary/aromatic N) is 2. The van der Waals surface area contributed by atoms with Gasteiger partial charge in [0.05, 0.1) is 6.61 Å². The number of aryl methyl sites for hydroxylation is 1. The lowest BCUT2D eigenvalue weighted by molar-refractivity contribution is 0.238. The number of aromatic nitrogens is 2. The number of rotatable bonds is 3. The van der Waals surface area contributed by atoms with E-state index in [0.717, 1.165) is 12.4 Å². The minimum atomic E-state index is 0.416. The van der Waals surface area contributed by atoms with Crippen LogP contribution in [0.5, 0.6) is 5.88 Å². The third-order valence-electron chi connectivity index (χ3n) is 2.42. The zero-order valence-corrected chi connectivity index (χ0v) is 8.08. The van der Waals surface area contributed by atoms with Gasteiger partial charge >= 0.3 is 0 Å². The van der Waals surface area contributed by atoms with Crippen molar-refractivity contribution in [2.45, 2.75) is 26.7 Å². The van der Waals surface area contributed by atoms with Gasteiger partial charge < -0.3 is 4.74 Å². The van der Waals surface area contributed by atoms with Gasteiger partial charge in [0, 0.05) is 17.7 Å². The Hall–Kier alpha value is -1.12. The largest absolute Gasteiger partial charge is 0.477 e. The maximum atomic E-state index is 5.56. The van der Waals surface area contributed by atoms with Crippen molar-refractivity contribution in [2.24, 2.45) is 5.41 Å². The maximum absolute atomic E-state index is 5.56. The molecule has 13 heavy (non-hydrogen) atoms. The molecule has 0 amide bonds. The van der Waals surface area contributed by atoms with Crippen molar-refractivity contribution >= 4 is 0 Å². The van der Waals surface area contributed by atoms with Crippen molar-refractivity contribution in [3.8, 4) is 5.88 Å². The molecule has 1 aliphatic carbocycles.